The molecule has 102 valence electrons. The predicted molar refractivity (Wildman–Crippen MR) is 73.3 cm³/mol. The summed E-state index contributed by atoms with van der Waals surface area (Å²) >= 11 is 0. The highest BCUT2D eigenvalue weighted by Gasteiger charge is 2.18. The molecular weight excluding hydrogens is 212 g/mol. The van der Waals surface area contributed by atoms with E-state index in [0.29, 0.717) is 12.0 Å². The zero-order chi connectivity index (χ0) is 12.7. The maximum Gasteiger partial charge on any atom is 0.0702 e. The predicted octanol–water partition coefficient (Wildman–Crippen LogP) is 1.98. The van der Waals surface area contributed by atoms with E-state index in [2.05, 4.69) is 38.0 Å². The standard InChI is InChI=1S/C14H30N2O/c1-12(2)8-15-9-13(3)10-16(4)11-14-6-5-7-17-14/h12-15H,5-11H2,1-4H3. The van der Waals surface area contributed by atoms with Gasteiger partial charge >= 0.3 is 0 Å². The van der Waals surface area contributed by atoms with Crippen LogP contribution in [0.1, 0.15) is 33.6 Å². The van der Waals surface area contributed by atoms with Crippen LogP contribution in [0.2, 0.25) is 0 Å². The third-order valence-corrected chi connectivity index (χ3v) is 3.21. The molecule has 0 spiro atoms. The van der Waals surface area contributed by atoms with Gasteiger partial charge < -0.3 is 15.0 Å². The van der Waals surface area contributed by atoms with Gasteiger partial charge in [0.1, 0.15) is 0 Å². The Bertz CT molecular complexity index is 191. The van der Waals surface area contributed by atoms with Gasteiger partial charge in [-0.1, -0.05) is 20.8 Å². The van der Waals surface area contributed by atoms with E-state index in [1.807, 2.05) is 0 Å². The van der Waals surface area contributed by atoms with Gasteiger partial charge in [-0.2, -0.15) is 0 Å². The molecule has 1 aliphatic rings. The lowest BCUT2D eigenvalue weighted by molar-refractivity contribution is 0.0773. The number of nitrogens with zero attached hydrogens (tertiary/aromatic N) is 1. The van der Waals surface area contributed by atoms with Crippen LogP contribution in [0.4, 0.5) is 0 Å². The van der Waals surface area contributed by atoms with Gasteiger partial charge in [0.15, 0.2) is 0 Å². The Morgan fingerprint density at radius 3 is 2.65 bits per heavy atom. The van der Waals surface area contributed by atoms with Crippen molar-refractivity contribution in [3.8, 4) is 0 Å². The van der Waals surface area contributed by atoms with Crippen molar-refractivity contribution < 1.29 is 4.74 Å². The molecule has 0 aliphatic carbocycles. The average Bonchev–Trinajstić information content (AvgIpc) is 2.69. The largest absolute Gasteiger partial charge is 0.377 e. The number of hydrogen-bond acceptors (Lipinski definition) is 3. The van der Waals surface area contributed by atoms with Crippen LogP contribution < -0.4 is 5.32 Å². The molecular formula is C14H30N2O. The molecule has 1 aliphatic heterocycles. The highest BCUT2D eigenvalue weighted by Crippen LogP contribution is 2.13. The molecule has 0 radical (unpaired) electrons. The number of likely N-dealkylation sites (N-methyl/N-ethyl adjacent to an activating group) is 1. The molecule has 0 bridgehead atoms. The molecule has 1 fully saturated rings. The van der Waals surface area contributed by atoms with E-state index >= 15 is 0 Å². The van der Waals surface area contributed by atoms with Crippen LogP contribution in [0.15, 0.2) is 0 Å². The lowest BCUT2D eigenvalue weighted by Gasteiger charge is -2.24. The van der Waals surface area contributed by atoms with Gasteiger partial charge in [-0.3, -0.25) is 0 Å². The van der Waals surface area contributed by atoms with E-state index in [1.165, 1.54) is 12.8 Å². The Kier molecular flexibility index (Phi) is 7.09. The summed E-state index contributed by atoms with van der Waals surface area (Å²) in [6.07, 6.45) is 2.96. The van der Waals surface area contributed by atoms with E-state index in [1.54, 1.807) is 0 Å². The van der Waals surface area contributed by atoms with Crippen molar-refractivity contribution in [1.29, 1.82) is 0 Å². The smallest absolute Gasteiger partial charge is 0.0702 e. The van der Waals surface area contributed by atoms with Crippen molar-refractivity contribution in [3.63, 3.8) is 0 Å². The number of rotatable bonds is 8. The van der Waals surface area contributed by atoms with Gasteiger partial charge in [0.25, 0.3) is 0 Å². The van der Waals surface area contributed by atoms with E-state index < -0.39 is 0 Å². The average molecular weight is 242 g/mol. The summed E-state index contributed by atoms with van der Waals surface area (Å²) in [7, 11) is 2.21. The van der Waals surface area contributed by atoms with Crippen LogP contribution in [0.25, 0.3) is 0 Å². The minimum absolute atomic E-state index is 0.482. The fourth-order valence-electron chi connectivity index (χ4n) is 2.43. The Hall–Kier alpha value is -0.120. The molecule has 2 atom stereocenters. The second-order valence-electron chi connectivity index (χ2n) is 6.01. The minimum atomic E-state index is 0.482. The van der Waals surface area contributed by atoms with Gasteiger partial charge in [-0.25, -0.2) is 0 Å². The van der Waals surface area contributed by atoms with Crippen molar-refractivity contribution in [2.24, 2.45) is 11.8 Å². The summed E-state index contributed by atoms with van der Waals surface area (Å²) in [5, 5.41) is 3.53. The van der Waals surface area contributed by atoms with Gasteiger partial charge in [0.05, 0.1) is 6.10 Å². The van der Waals surface area contributed by atoms with Crippen LogP contribution in [0, 0.1) is 11.8 Å². The first-order valence-electron chi connectivity index (χ1n) is 7.08. The Morgan fingerprint density at radius 2 is 2.06 bits per heavy atom. The molecule has 0 amide bonds. The van der Waals surface area contributed by atoms with Crippen molar-refractivity contribution in [2.75, 3.05) is 39.8 Å². The summed E-state index contributed by atoms with van der Waals surface area (Å²) in [5.41, 5.74) is 0. The van der Waals surface area contributed by atoms with E-state index in [-0.39, 0.29) is 0 Å². The van der Waals surface area contributed by atoms with Crippen LogP contribution >= 0.6 is 0 Å². The summed E-state index contributed by atoms with van der Waals surface area (Å²) in [6.45, 7) is 12.3. The Labute approximate surface area is 107 Å². The van der Waals surface area contributed by atoms with Gasteiger partial charge in [0.2, 0.25) is 0 Å². The SMILES string of the molecule is CC(C)CNCC(C)CN(C)CC1CCCO1. The molecule has 17 heavy (non-hydrogen) atoms. The maximum absolute atomic E-state index is 5.66. The lowest BCUT2D eigenvalue weighted by Crippen LogP contribution is -2.36. The van der Waals surface area contributed by atoms with Gasteiger partial charge in [-0.05, 0) is 44.8 Å². The molecule has 0 saturated carbocycles. The topological polar surface area (TPSA) is 24.5 Å². The fourth-order valence-corrected chi connectivity index (χ4v) is 2.43. The lowest BCUT2D eigenvalue weighted by atomic mass is 10.1. The first-order valence-corrected chi connectivity index (χ1v) is 7.08. The number of hydrogen-bond donors (Lipinski definition) is 1. The summed E-state index contributed by atoms with van der Waals surface area (Å²) < 4.78 is 5.66. The van der Waals surface area contributed by atoms with E-state index in [9.17, 15) is 0 Å². The minimum Gasteiger partial charge on any atom is -0.377 e. The fraction of sp³-hybridized carbons (Fsp3) is 1.00. The van der Waals surface area contributed by atoms with Gasteiger partial charge in [-0.15, -0.1) is 0 Å². The first kappa shape index (κ1) is 14.9. The molecule has 0 aromatic rings. The third-order valence-electron chi connectivity index (χ3n) is 3.21. The highest BCUT2D eigenvalue weighted by atomic mass is 16.5. The zero-order valence-corrected chi connectivity index (χ0v) is 12.0. The number of ether oxygens (including phenoxy) is 1. The Balaban J connectivity index is 2.05. The summed E-state index contributed by atoms with van der Waals surface area (Å²) in [6, 6.07) is 0. The molecule has 3 heteroatoms. The molecule has 1 saturated heterocycles. The summed E-state index contributed by atoms with van der Waals surface area (Å²) in [4.78, 5) is 2.41. The molecule has 1 N–H and O–H groups in total. The zero-order valence-electron chi connectivity index (χ0n) is 12.0. The Morgan fingerprint density at radius 1 is 1.29 bits per heavy atom. The number of nitrogens with one attached hydrogen (secondary N) is 1. The molecule has 3 nitrogen and oxygen atoms in total. The molecule has 2 unspecified atom stereocenters. The second kappa shape index (κ2) is 8.06. The molecule has 1 rings (SSSR count). The molecule has 0 aromatic heterocycles. The van der Waals surface area contributed by atoms with Crippen molar-refractivity contribution in [3.05, 3.63) is 0 Å². The first-order chi connectivity index (χ1) is 8.08. The highest BCUT2D eigenvalue weighted by molar-refractivity contribution is 4.70. The summed E-state index contributed by atoms with van der Waals surface area (Å²) in [5.74, 6) is 1.45. The normalized spacial score (nSPS) is 22.6. The van der Waals surface area contributed by atoms with E-state index in [4.69, 9.17) is 4.74 Å². The molecule has 0 aromatic carbocycles. The quantitative estimate of drug-likeness (QED) is 0.704. The molecule has 1 heterocycles. The van der Waals surface area contributed by atoms with Crippen molar-refractivity contribution >= 4 is 0 Å². The van der Waals surface area contributed by atoms with Crippen LogP contribution in [-0.2, 0) is 4.74 Å². The monoisotopic (exact) mass is 242 g/mol. The van der Waals surface area contributed by atoms with Gasteiger partial charge in [0, 0.05) is 19.7 Å². The van der Waals surface area contributed by atoms with Crippen LogP contribution in [0.5, 0.6) is 0 Å². The van der Waals surface area contributed by atoms with E-state index in [0.717, 1.165) is 38.7 Å². The second-order valence-corrected chi connectivity index (χ2v) is 6.01. The van der Waals surface area contributed by atoms with Crippen LogP contribution in [-0.4, -0.2) is 50.8 Å². The van der Waals surface area contributed by atoms with Crippen LogP contribution in [0.3, 0.4) is 0 Å². The third kappa shape index (κ3) is 7.02. The van der Waals surface area contributed by atoms with Crippen molar-refractivity contribution in [1.82, 2.24) is 10.2 Å². The maximum atomic E-state index is 5.66. The van der Waals surface area contributed by atoms with Crippen molar-refractivity contribution in [2.45, 2.75) is 39.7 Å².